The number of benzene rings is 3. The molecule has 1 fully saturated rings. The summed E-state index contributed by atoms with van der Waals surface area (Å²) < 4.78 is 43.3. The summed E-state index contributed by atoms with van der Waals surface area (Å²) in [5.74, 6) is -0.473. The Balaban J connectivity index is 1.70. The van der Waals surface area contributed by atoms with E-state index >= 15 is 0 Å². The van der Waals surface area contributed by atoms with E-state index in [2.05, 4.69) is 17.5 Å². The molecular formula is C25H19F3N4OS2. The summed E-state index contributed by atoms with van der Waals surface area (Å²) in [6.45, 7) is 3.32. The summed E-state index contributed by atoms with van der Waals surface area (Å²) in [5.41, 5.74) is 0.554. The Kier molecular flexibility index (Phi) is 6.25. The number of halogens is 3. The average molecular weight is 513 g/mol. The fraction of sp³-hybridized carbons (Fsp3) is 0.160. The normalized spacial score (nSPS) is 15.3. The van der Waals surface area contributed by atoms with Crippen molar-refractivity contribution in [2.75, 3.05) is 14.5 Å². The van der Waals surface area contributed by atoms with Crippen LogP contribution in [0.15, 0.2) is 66.7 Å². The molecule has 1 heterocycles. The van der Waals surface area contributed by atoms with Gasteiger partial charge in [0.1, 0.15) is 5.54 Å². The monoisotopic (exact) mass is 512 g/mol. The van der Waals surface area contributed by atoms with Gasteiger partial charge in [0, 0.05) is 11.4 Å². The summed E-state index contributed by atoms with van der Waals surface area (Å²) >= 11 is 9.60. The van der Waals surface area contributed by atoms with E-state index < -0.39 is 28.7 Å². The van der Waals surface area contributed by atoms with Gasteiger partial charge in [-0.25, -0.2) is 0 Å². The van der Waals surface area contributed by atoms with E-state index in [4.69, 9.17) is 17.5 Å². The van der Waals surface area contributed by atoms with Crippen LogP contribution in [0.4, 0.5) is 30.2 Å². The van der Waals surface area contributed by atoms with Gasteiger partial charge in [-0.3, -0.25) is 9.69 Å². The molecule has 3 aromatic carbocycles. The summed E-state index contributed by atoms with van der Waals surface area (Å²) in [7, 11) is 0. The Labute approximate surface area is 211 Å². The van der Waals surface area contributed by atoms with Gasteiger partial charge in [-0.05, 0) is 79.7 Å². The van der Waals surface area contributed by atoms with E-state index in [9.17, 15) is 18.0 Å². The maximum atomic E-state index is 13.5. The van der Waals surface area contributed by atoms with Gasteiger partial charge in [-0.1, -0.05) is 37.1 Å². The van der Waals surface area contributed by atoms with E-state index in [-0.39, 0.29) is 10.8 Å². The third-order valence-electron chi connectivity index (χ3n) is 5.83. The number of thiol groups is 1. The highest BCUT2D eigenvalue weighted by Gasteiger charge is 2.50. The lowest BCUT2D eigenvalue weighted by Crippen LogP contribution is -2.44. The maximum absolute atomic E-state index is 13.5. The molecule has 0 radical (unpaired) electrons. The van der Waals surface area contributed by atoms with Crippen LogP contribution >= 0.6 is 25.0 Å². The quantitative estimate of drug-likeness (QED) is 0.312. The molecule has 1 saturated heterocycles. The van der Waals surface area contributed by atoms with Crippen molar-refractivity contribution in [1.82, 2.24) is 0 Å². The van der Waals surface area contributed by atoms with E-state index in [0.717, 1.165) is 33.8 Å². The molecule has 0 atom stereocenters. The zero-order valence-corrected chi connectivity index (χ0v) is 20.3. The van der Waals surface area contributed by atoms with Crippen LogP contribution in [0.25, 0.3) is 11.1 Å². The number of thiocarbonyl (C=S) groups is 1. The summed E-state index contributed by atoms with van der Waals surface area (Å²) in [5, 5.41) is 9.13. The lowest BCUT2D eigenvalue weighted by atomic mass is 10.0. The highest BCUT2D eigenvalue weighted by Crippen LogP contribution is 2.40. The fourth-order valence-corrected chi connectivity index (χ4v) is 4.67. The minimum Gasteiger partial charge on any atom is -0.332 e. The molecular weight excluding hydrogens is 493 g/mol. The van der Waals surface area contributed by atoms with Crippen LogP contribution in [0.5, 0.6) is 0 Å². The second kappa shape index (κ2) is 8.91. The van der Waals surface area contributed by atoms with Crippen molar-refractivity contribution in [1.29, 1.82) is 5.26 Å². The Morgan fingerprint density at radius 1 is 0.971 bits per heavy atom. The molecule has 0 bridgehead atoms. The van der Waals surface area contributed by atoms with Crippen molar-refractivity contribution >= 4 is 53.1 Å². The molecule has 0 aliphatic carbocycles. The first-order valence-corrected chi connectivity index (χ1v) is 11.3. The molecule has 1 aliphatic rings. The lowest BCUT2D eigenvalue weighted by Gasteiger charge is -2.29. The van der Waals surface area contributed by atoms with E-state index in [0.29, 0.717) is 5.69 Å². The Morgan fingerprint density at radius 2 is 1.51 bits per heavy atom. The molecule has 0 spiro atoms. The second-order valence-corrected chi connectivity index (χ2v) is 8.98. The van der Waals surface area contributed by atoms with Gasteiger partial charge < -0.3 is 9.62 Å². The highest BCUT2D eigenvalue weighted by atomic mass is 32.1. The van der Waals surface area contributed by atoms with Gasteiger partial charge in [-0.2, -0.15) is 18.4 Å². The first kappa shape index (κ1) is 24.6. The number of rotatable bonds is 4. The van der Waals surface area contributed by atoms with E-state index in [1.54, 1.807) is 24.8 Å². The SMILES string of the molecule is CC1(C)C(=O)N(c2ccc(C#N)c(C(F)(F)F)c2)C(=S)N1c1ccc(-c2ccc(NS)cc2)cc1. The zero-order chi connectivity index (χ0) is 25.5. The highest BCUT2D eigenvalue weighted by molar-refractivity contribution is 7.81. The third kappa shape index (κ3) is 4.33. The van der Waals surface area contributed by atoms with Gasteiger partial charge in [0.2, 0.25) is 0 Å². The number of anilines is 3. The van der Waals surface area contributed by atoms with Crippen molar-refractivity contribution in [3.8, 4) is 17.2 Å². The van der Waals surface area contributed by atoms with Crippen LogP contribution in [-0.4, -0.2) is 16.6 Å². The molecule has 1 amide bonds. The number of nitriles is 1. The third-order valence-corrected chi connectivity index (χ3v) is 6.45. The van der Waals surface area contributed by atoms with Crippen molar-refractivity contribution in [2.24, 2.45) is 0 Å². The number of carbonyl (C=O) groups is 1. The number of nitrogens with one attached hydrogen (secondary N) is 1. The smallest absolute Gasteiger partial charge is 0.332 e. The van der Waals surface area contributed by atoms with Crippen molar-refractivity contribution in [3.05, 3.63) is 77.9 Å². The molecule has 5 nitrogen and oxygen atoms in total. The van der Waals surface area contributed by atoms with Gasteiger partial charge >= 0.3 is 6.18 Å². The topological polar surface area (TPSA) is 59.4 Å². The van der Waals surface area contributed by atoms with Gasteiger partial charge in [0.15, 0.2) is 5.11 Å². The maximum Gasteiger partial charge on any atom is 0.417 e. The molecule has 3 aromatic rings. The molecule has 0 unspecified atom stereocenters. The summed E-state index contributed by atoms with van der Waals surface area (Å²) in [6, 6.07) is 19.7. The standard InChI is InChI=1S/C25H19F3N4OS2/c1-24(2)22(33)31(20-12-7-17(14-29)21(13-20)25(26,27)28)23(34)32(24)19-10-5-16(6-11-19)15-3-8-18(30-35)9-4-15/h3-13,30,35H,1-2H3. The molecule has 0 saturated carbocycles. The van der Waals surface area contributed by atoms with Crippen LogP contribution in [0.3, 0.4) is 0 Å². The Morgan fingerprint density at radius 3 is 2.03 bits per heavy atom. The molecule has 0 aromatic heterocycles. The molecule has 178 valence electrons. The van der Waals surface area contributed by atoms with Crippen molar-refractivity contribution < 1.29 is 18.0 Å². The number of amides is 1. The largest absolute Gasteiger partial charge is 0.417 e. The Bertz CT molecular complexity index is 1350. The number of nitrogens with zero attached hydrogens (tertiary/aromatic N) is 3. The molecule has 1 aliphatic heterocycles. The van der Waals surface area contributed by atoms with Crippen LogP contribution in [0.1, 0.15) is 25.0 Å². The molecule has 10 heteroatoms. The predicted molar refractivity (Wildman–Crippen MR) is 137 cm³/mol. The summed E-state index contributed by atoms with van der Waals surface area (Å²) in [4.78, 5) is 16.0. The first-order chi connectivity index (χ1) is 16.5. The van der Waals surface area contributed by atoms with E-state index in [1.807, 2.05) is 48.5 Å². The first-order valence-electron chi connectivity index (χ1n) is 10.4. The summed E-state index contributed by atoms with van der Waals surface area (Å²) in [6.07, 6.45) is -4.75. The van der Waals surface area contributed by atoms with Gasteiger partial charge in [0.05, 0.1) is 22.9 Å². The van der Waals surface area contributed by atoms with Crippen molar-refractivity contribution in [2.45, 2.75) is 25.6 Å². The second-order valence-electron chi connectivity index (χ2n) is 8.39. The Hall–Kier alpha value is -3.55. The average Bonchev–Trinajstić information content (AvgIpc) is 3.01. The lowest BCUT2D eigenvalue weighted by molar-refractivity contribution is -0.137. The fourth-order valence-electron chi connectivity index (χ4n) is 4.00. The minimum absolute atomic E-state index is 0.0450. The molecule has 1 N–H and O–H groups in total. The van der Waals surface area contributed by atoms with Crippen LogP contribution in [0, 0.1) is 11.3 Å². The number of alkyl halides is 3. The molecule has 35 heavy (non-hydrogen) atoms. The number of hydrogen-bond acceptors (Lipinski definition) is 5. The van der Waals surface area contributed by atoms with Crippen LogP contribution in [-0.2, 0) is 11.0 Å². The van der Waals surface area contributed by atoms with Crippen LogP contribution < -0.4 is 14.5 Å². The zero-order valence-electron chi connectivity index (χ0n) is 18.6. The van der Waals surface area contributed by atoms with Crippen molar-refractivity contribution in [3.63, 3.8) is 0 Å². The van der Waals surface area contributed by atoms with Crippen LogP contribution in [0.2, 0.25) is 0 Å². The van der Waals surface area contributed by atoms with Gasteiger partial charge in [-0.15, -0.1) is 0 Å². The molecule has 4 rings (SSSR count). The number of hydrogen-bond donors (Lipinski definition) is 2. The number of carbonyl (C=O) groups excluding carboxylic acids is 1. The van der Waals surface area contributed by atoms with Gasteiger partial charge in [0.25, 0.3) is 5.91 Å². The minimum atomic E-state index is -4.75. The van der Waals surface area contributed by atoms with E-state index in [1.165, 1.54) is 6.07 Å². The predicted octanol–water partition coefficient (Wildman–Crippen LogP) is 6.42.